The number of nitrogens with one attached hydrogen (secondary N) is 1. The second kappa shape index (κ2) is 7.58. The van der Waals surface area contributed by atoms with Gasteiger partial charge >= 0.3 is 6.09 Å². The summed E-state index contributed by atoms with van der Waals surface area (Å²) in [4.78, 5) is 38.8. The highest BCUT2D eigenvalue weighted by atomic mass is 79.9. The molecule has 0 aliphatic carbocycles. The van der Waals surface area contributed by atoms with Crippen molar-refractivity contribution in [1.29, 1.82) is 0 Å². The third kappa shape index (κ3) is 4.66. The number of Topliss-reactive ketones (excluding diaryl/α,β-unsaturated/α-hetero) is 1. The zero-order valence-electron chi connectivity index (χ0n) is 16.1. The Morgan fingerprint density at radius 1 is 1.30 bits per heavy atom. The number of rotatable bonds is 3. The third-order valence-electron chi connectivity index (χ3n) is 4.43. The van der Waals surface area contributed by atoms with E-state index in [1.807, 2.05) is 0 Å². The van der Waals surface area contributed by atoms with Crippen LogP contribution in [0.1, 0.15) is 57.8 Å². The summed E-state index contributed by atoms with van der Waals surface area (Å²) in [7, 11) is 0. The van der Waals surface area contributed by atoms with Gasteiger partial charge in [0.2, 0.25) is 5.91 Å². The van der Waals surface area contributed by atoms with Gasteiger partial charge in [0.1, 0.15) is 17.0 Å². The first-order chi connectivity index (χ1) is 12.3. The fourth-order valence-electron chi connectivity index (χ4n) is 3.01. The number of likely N-dealkylation sites (tertiary alicyclic amines) is 1. The molecule has 0 bridgehead atoms. The van der Waals surface area contributed by atoms with Crippen LogP contribution in [0.4, 0.5) is 14.9 Å². The van der Waals surface area contributed by atoms with Gasteiger partial charge in [0.15, 0.2) is 5.78 Å². The highest BCUT2D eigenvalue weighted by Gasteiger charge is 2.47. The van der Waals surface area contributed by atoms with Gasteiger partial charge in [-0.2, -0.15) is 0 Å². The van der Waals surface area contributed by atoms with E-state index < -0.39 is 29.0 Å². The number of halogens is 2. The second-order valence-electron chi connectivity index (χ2n) is 7.83. The maximum atomic E-state index is 13.8. The van der Waals surface area contributed by atoms with Crippen molar-refractivity contribution in [3.63, 3.8) is 0 Å². The van der Waals surface area contributed by atoms with Crippen LogP contribution in [0.5, 0.6) is 0 Å². The van der Waals surface area contributed by atoms with Crippen LogP contribution >= 0.6 is 15.9 Å². The van der Waals surface area contributed by atoms with Crippen LogP contribution in [0.2, 0.25) is 0 Å². The van der Waals surface area contributed by atoms with Crippen molar-refractivity contribution in [3.05, 3.63) is 28.0 Å². The van der Waals surface area contributed by atoms with Gasteiger partial charge in [-0.15, -0.1) is 0 Å². The molecular formula is C19H24BrFN2O4. The number of nitrogens with zero attached hydrogens (tertiary/aromatic N) is 1. The minimum atomic E-state index is -1.13. The van der Waals surface area contributed by atoms with Crippen molar-refractivity contribution < 1.29 is 23.5 Å². The smallest absolute Gasteiger partial charge is 0.411 e. The maximum absolute atomic E-state index is 13.8. The number of amides is 2. The van der Waals surface area contributed by atoms with Crippen molar-refractivity contribution >= 4 is 39.4 Å². The van der Waals surface area contributed by atoms with E-state index in [1.165, 1.54) is 17.9 Å². The number of benzene rings is 1. The molecule has 1 saturated heterocycles. The molecule has 1 aliphatic rings. The van der Waals surface area contributed by atoms with Gasteiger partial charge in [0.05, 0.1) is 10.2 Å². The van der Waals surface area contributed by atoms with Crippen LogP contribution < -0.4 is 5.32 Å². The molecule has 1 unspecified atom stereocenters. The average Bonchev–Trinajstić information content (AvgIpc) is 2.92. The largest absolute Gasteiger partial charge is 0.444 e. The molecule has 2 rings (SSSR count). The van der Waals surface area contributed by atoms with Crippen LogP contribution in [-0.4, -0.2) is 40.4 Å². The molecule has 1 aliphatic heterocycles. The van der Waals surface area contributed by atoms with Gasteiger partial charge in [-0.25, -0.2) is 9.18 Å². The molecular weight excluding hydrogens is 419 g/mol. The number of ketones is 1. The Balaban J connectivity index is 2.30. The van der Waals surface area contributed by atoms with E-state index in [4.69, 9.17) is 4.74 Å². The Morgan fingerprint density at radius 3 is 2.48 bits per heavy atom. The van der Waals surface area contributed by atoms with Crippen molar-refractivity contribution in [2.24, 2.45) is 0 Å². The predicted octanol–water partition coefficient (Wildman–Crippen LogP) is 4.52. The van der Waals surface area contributed by atoms with E-state index in [1.54, 1.807) is 27.7 Å². The van der Waals surface area contributed by atoms with Crippen LogP contribution in [0.15, 0.2) is 16.6 Å². The Kier molecular flexibility index (Phi) is 5.99. The number of carbonyl (C=O) groups is 3. The summed E-state index contributed by atoms with van der Waals surface area (Å²) in [6.07, 6.45) is 0.538. The molecule has 2 amide bonds. The summed E-state index contributed by atoms with van der Waals surface area (Å²) in [6.45, 7) is 8.62. The van der Waals surface area contributed by atoms with Gasteiger partial charge in [-0.05, 0) is 75.5 Å². The predicted molar refractivity (Wildman–Crippen MR) is 103 cm³/mol. The van der Waals surface area contributed by atoms with Crippen molar-refractivity contribution in [2.75, 3.05) is 11.9 Å². The molecule has 8 heteroatoms. The number of ether oxygens (including phenoxy) is 1. The minimum Gasteiger partial charge on any atom is -0.444 e. The quantitative estimate of drug-likeness (QED) is 0.698. The van der Waals surface area contributed by atoms with Crippen LogP contribution in [-0.2, 0) is 9.53 Å². The first-order valence-corrected chi connectivity index (χ1v) is 9.46. The first kappa shape index (κ1) is 21.3. The molecule has 0 radical (unpaired) electrons. The van der Waals surface area contributed by atoms with E-state index in [9.17, 15) is 18.8 Å². The van der Waals surface area contributed by atoms with Crippen molar-refractivity contribution in [1.82, 2.24) is 4.90 Å². The van der Waals surface area contributed by atoms with Gasteiger partial charge in [-0.3, -0.25) is 14.5 Å². The summed E-state index contributed by atoms with van der Waals surface area (Å²) in [5.74, 6) is -1.43. The zero-order chi connectivity index (χ0) is 20.6. The molecule has 1 aromatic rings. The normalized spacial score (nSPS) is 19.7. The van der Waals surface area contributed by atoms with Crippen molar-refractivity contribution in [2.45, 2.75) is 58.6 Å². The monoisotopic (exact) mass is 442 g/mol. The molecule has 1 N–H and O–H groups in total. The van der Waals surface area contributed by atoms with Gasteiger partial charge in [0, 0.05) is 12.1 Å². The lowest BCUT2D eigenvalue weighted by Gasteiger charge is -2.35. The van der Waals surface area contributed by atoms with Crippen LogP contribution in [0, 0.1) is 5.82 Å². The van der Waals surface area contributed by atoms with E-state index in [2.05, 4.69) is 21.2 Å². The van der Waals surface area contributed by atoms with Gasteiger partial charge in [0.25, 0.3) is 0 Å². The lowest BCUT2D eigenvalue weighted by atomic mass is 9.97. The topological polar surface area (TPSA) is 75.7 Å². The van der Waals surface area contributed by atoms with Gasteiger partial charge in [-0.1, -0.05) is 0 Å². The summed E-state index contributed by atoms with van der Waals surface area (Å²) >= 11 is 3.06. The number of hydrogen-bond acceptors (Lipinski definition) is 4. The standard InChI is InChI=1S/C19H24BrFN2O4/c1-11(24)12-9-14(21)13(20)10-15(12)22-16(25)19(5)7-6-8-23(19)17(26)27-18(2,3)4/h9-10H,6-8H2,1-5H3,(H,22,25). The second-order valence-corrected chi connectivity index (χ2v) is 8.69. The highest BCUT2D eigenvalue weighted by Crippen LogP contribution is 2.33. The third-order valence-corrected chi connectivity index (χ3v) is 5.04. The molecule has 1 fully saturated rings. The van der Waals surface area contributed by atoms with Crippen molar-refractivity contribution in [3.8, 4) is 0 Å². The number of carbonyl (C=O) groups excluding carboxylic acids is 3. The SMILES string of the molecule is CC(=O)c1cc(F)c(Br)cc1NC(=O)C1(C)CCCN1C(=O)OC(C)(C)C. The molecule has 0 spiro atoms. The lowest BCUT2D eigenvalue weighted by molar-refractivity contribution is -0.125. The Hall–Kier alpha value is -1.96. The highest BCUT2D eigenvalue weighted by molar-refractivity contribution is 9.10. The maximum Gasteiger partial charge on any atom is 0.411 e. The molecule has 6 nitrogen and oxygen atoms in total. The van der Waals surface area contributed by atoms with Crippen LogP contribution in [0.3, 0.4) is 0 Å². The first-order valence-electron chi connectivity index (χ1n) is 8.67. The number of hydrogen-bond donors (Lipinski definition) is 1. The Bertz CT molecular complexity index is 791. The summed E-state index contributed by atoms with van der Waals surface area (Å²) in [5.41, 5.74) is -1.55. The molecule has 1 heterocycles. The van der Waals surface area contributed by atoms with E-state index >= 15 is 0 Å². The van der Waals surface area contributed by atoms with Crippen LogP contribution in [0.25, 0.3) is 0 Å². The minimum absolute atomic E-state index is 0.0643. The molecule has 27 heavy (non-hydrogen) atoms. The Morgan fingerprint density at radius 2 is 1.93 bits per heavy atom. The molecule has 1 aromatic carbocycles. The van der Waals surface area contributed by atoms with Gasteiger partial charge < -0.3 is 10.1 Å². The number of anilines is 1. The molecule has 148 valence electrons. The molecule has 0 aromatic heterocycles. The summed E-state index contributed by atoms with van der Waals surface area (Å²) < 4.78 is 19.3. The Labute approximate surface area is 166 Å². The van der Waals surface area contributed by atoms with E-state index in [0.717, 1.165) is 6.07 Å². The average molecular weight is 443 g/mol. The van der Waals surface area contributed by atoms with E-state index in [-0.39, 0.29) is 21.5 Å². The summed E-state index contributed by atoms with van der Waals surface area (Å²) in [5, 5.41) is 2.68. The summed E-state index contributed by atoms with van der Waals surface area (Å²) in [6, 6.07) is 2.42. The fourth-order valence-corrected chi connectivity index (χ4v) is 3.35. The fraction of sp³-hybridized carbons (Fsp3) is 0.526. The van der Waals surface area contributed by atoms with E-state index in [0.29, 0.717) is 19.4 Å². The molecule has 0 saturated carbocycles. The molecule has 1 atom stereocenters. The lowest BCUT2D eigenvalue weighted by Crippen LogP contribution is -2.54. The zero-order valence-corrected chi connectivity index (χ0v) is 17.7.